The maximum absolute atomic E-state index is 4.22. The molecule has 4 heteroatoms. The second-order valence-electron chi connectivity index (χ2n) is 4.60. The van der Waals surface area contributed by atoms with Crippen LogP contribution in [0.4, 0.5) is 0 Å². The lowest BCUT2D eigenvalue weighted by atomic mass is 10.1. The minimum absolute atomic E-state index is 0.549. The maximum Gasteiger partial charge on any atom is 0.0673 e. The first-order valence-electron chi connectivity index (χ1n) is 6.39. The van der Waals surface area contributed by atoms with Gasteiger partial charge in [0.2, 0.25) is 0 Å². The van der Waals surface area contributed by atoms with Crippen LogP contribution in [0, 0.1) is 6.92 Å². The Morgan fingerprint density at radius 2 is 2.00 bits per heavy atom. The van der Waals surface area contributed by atoms with Gasteiger partial charge >= 0.3 is 0 Å². The molecule has 17 heavy (non-hydrogen) atoms. The van der Waals surface area contributed by atoms with Crippen LogP contribution in [0.2, 0.25) is 0 Å². The summed E-state index contributed by atoms with van der Waals surface area (Å²) >= 11 is 0. The third-order valence-corrected chi connectivity index (χ3v) is 2.59. The van der Waals surface area contributed by atoms with Gasteiger partial charge < -0.3 is 10.6 Å². The van der Waals surface area contributed by atoms with Crippen molar-refractivity contribution in [1.29, 1.82) is 0 Å². The van der Waals surface area contributed by atoms with Gasteiger partial charge in [0.15, 0.2) is 0 Å². The molecule has 0 aliphatic rings. The molecule has 0 amide bonds. The minimum atomic E-state index is 0.549. The van der Waals surface area contributed by atoms with E-state index in [1.807, 2.05) is 6.92 Å². The van der Waals surface area contributed by atoms with Gasteiger partial charge in [-0.3, -0.25) is 0 Å². The van der Waals surface area contributed by atoms with Crippen molar-refractivity contribution in [2.75, 3.05) is 13.1 Å². The Bertz CT molecular complexity index is 336. The van der Waals surface area contributed by atoms with E-state index in [1.54, 1.807) is 0 Å². The van der Waals surface area contributed by atoms with Gasteiger partial charge in [-0.25, -0.2) is 0 Å². The number of nitrogens with one attached hydrogen (secondary N) is 2. The van der Waals surface area contributed by atoms with Crippen LogP contribution >= 0.6 is 0 Å². The standard InChI is InChI=1S/C13H24N4/c1-5-13-12(8-11(4)16-17-13)9-14-6-7-15-10(2)3/h8,10,14-15H,5-7,9H2,1-4H3. The fourth-order valence-electron chi connectivity index (χ4n) is 1.69. The van der Waals surface area contributed by atoms with Crippen molar-refractivity contribution < 1.29 is 0 Å². The van der Waals surface area contributed by atoms with Crippen LogP contribution in [-0.2, 0) is 13.0 Å². The summed E-state index contributed by atoms with van der Waals surface area (Å²) in [5.41, 5.74) is 3.35. The summed E-state index contributed by atoms with van der Waals surface area (Å²) in [5.74, 6) is 0. The average Bonchev–Trinajstić information content (AvgIpc) is 2.28. The zero-order valence-corrected chi connectivity index (χ0v) is 11.4. The second-order valence-corrected chi connectivity index (χ2v) is 4.60. The number of hydrogen-bond acceptors (Lipinski definition) is 4. The van der Waals surface area contributed by atoms with Crippen LogP contribution in [-0.4, -0.2) is 29.3 Å². The highest BCUT2D eigenvalue weighted by atomic mass is 15.1. The third-order valence-electron chi connectivity index (χ3n) is 2.59. The quantitative estimate of drug-likeness (QED) is 0.703. The Labute approximate surface area is 104 Å². The summed E-state index contributed by atoms with van der Waals surface area (Å²) in [6.07, 6.45) is 0.939. The number of aromatic nitrogens is 2. The molecule has 1 aromatic heterocycles. The molecule has 0 aromatic carbocycles. The number of hydrogen-bond donors (Lipinski definition) is 2. The van der Waals surface area contributed by atoms with Crippen LogP contribution in [0.1, 0.15) is 37.7 Å². The van der Waals surface area contributed by atoms with Gasteiger partial charge in [-0.1, -0.05) is 20.8 Å². The van der Waals surface area contributed by atoms with Crippen LogP contribution in [0.15, 0.2) is 6.07 Å². The van der Waals surface area contributed by atoms with Crippen LogP contribution < -0.4 is 10.6 Å². The monoisotopic (exact) mass is 236 g/mol. The van der Waals surface area contributed by atoms with Crippen LogP contribution in [0.25, 0.3) is 0 Å². The molecule has 0 aliphatic heterocycles. The summed E-state index contributed by atoms with van der Waals surface area (Å²) in [5, 5.41) is 15.1. The normalized spacial score (nSPS) is 11.1. The first-order valence-corrected chi connectivity index (χ1v) is 6.39. The van der Waals surface area contributed by atoms with Gasteiger partial charge in [-0.2, -0.15) is 10.2 Å². The molecular weight excluding hydrogens is 212 g/mol. The molecule has 0 spiro atoms. The third kappa shape index (κ3) is 5.24. The Morgan fingerprint density at radius 1 is 1.24 bits per heavy atom. The molecule has 0 atom stereocenters. The van der Waals surface area contributed by atoms with Gasteiger partial charge in [0.1, 0.15) is 0 Å². The number of rotatable bonds is 7. The zero-order valence-electron chi connectivity index (χ0n) is 11.4. The van der Waals surface area contributed by atoms with Gasteiger partial charge in [0.25, 0.3) is 0 Å². The maximum atomic E-state index is 4.22. The molecule has 1 rings (SSSR count). The van der Waals surface area contributed by atoms with E-state index in [0.29, 0.717) is 6.04 Å². The van der Waals surface area contributed by atoms with Crippen LogP contribution in [0.3, 0.4) is 0 Å². The van der Waals surface area contributed by atoms with Gasteiger partial charge in [0, 0.05) is 25.7 Å². The molecule has 0 radical (unpaired) electrons. The molecule has 0 aliphatic carbocycles. The summed E-state index contributed by atoms with van der Waals surface area (Å²) in [4.78, 5) is 0. The molecule has 4 nitrogen and oxygen atoms in total. The van der Waals surface area contributed by atoms with E-state index in [0.717, 1.165) is 37.4 Å². The van der Waals surface area contributed by atoms with Gasteiger partial charge in [-0.15, -0.1) is 0 Å². The Balaban J connectivity index is 2.37. The lowest BCUT2D eigenvalue weighted by Crippen LogP contribution is -2.31. The fraction of sp³-hybridized carbons (Fsp3) is 0.692. The highest BCUT2D eigenvalue weighted by Gasteiger charge is 2.03. The molecule has 0 bridgehead atoms. The molecule has 1 heterocycles. The summed E-state index contributed by atoms with van der Waals surface area (Å²) < 4.78 is 0. The Kier molecular flexibility index (Phi) is 6.08. The average molecular weight is 236 g/mol. The SMILES string of the molecule is CCc1nnc(C)cc1CNCCNC(C)C. The highest BCUT2D eigenvalue weighted by molar-refractivity contribution is 5.20. The molecule has 0 saturated heterocycles. The van der Waals surface area contributed by atoms with Gasteiger partial charge in [0.05, 0.1) is 11.4 Å². The number of aryl methyl sites for hydroxylation is 2. The molecule has 96 valence electrons. The predicted octanol–water partition coefficient (Wildman–Crippen LogP) is 1.44. The van der Waals surface area contributed by atoms with Crippen molar-refractivity contribution in [3.05, 3.63) is 23.0 Å². The van der Waals surface area contributed by atoms with E-state index in [2.05, 4.69) is 47.7 Å². The fourth-order valence-corrected chi connectivity index (χ4v) is 1.69. The van der Waals surface area contributed by atoms with E-state index < -0.39 is 0 Å². The summed E-state index contributed by atoms with van der Waals surface area (Å²) in [6.45, 7) is 11.3. The lowest BCUT2D eigenvalue weighted by molar-refractivity contribution is 0.554. The summed E-state index contributed by atoms with van der Waals surface area (Å²) in [7, 11) is 0. The van der Waals surface area contributed by atoms with E-state index in [4.69, 9.17) is 0 Å². The molecule has 1 aromatic rings. The Morgan fingerprint density at radius 3 is 2.65 bits per heavy atom. The first-order chi connectivity index (χ1) is 8.13. The summed E-state index contributed by atoms with van der Waals surface area (Å²) in [6, 6.07) is 2.67. The number of nitrogens with zero attached hydrogens (tertiary/aromatic N) is 2. The molecule has 0 unspecified atom stereocenters. The van der Waals surface area contributed by atoms with Crippen molar-refractivity contribution in [2.45, 2.75) is 46.7 Å². The van der Waals surface area contributed by atoms with E-state index in [1.165, 1.54) is 5.56 Å². The topological polar surface area (TPSA) is 49.8 Å². The molecule has 0 fully saturated rings. The van der Waals surface area contributed by atoms with E-state index in [-0.39, 0.29) is 0 Å². The van der Waals surface area contributed by atoms with Gasteiger partial charge in [-0.05, 0) is 25.0 Å². The van der Waals surface area contributed by atoms with E-state index >= 15 is 0 Å². The van der Waals surface area contributed by atoms with Crippen molar-refractivity contribution in [3.8, 4) is 0 Å². The largest absolute Gasteiger partial charge is 0.313 e. The predicted molar refractivity (Wildman–Crippen MR) is 71.0 cm³/mol. The smallest absolute Gasteiger partial charge is 0.0673 e. The second kappa shape index (κ2) is 7.35. The molecular formula is C13H24N4. The van der Waals surface area contributed by atoms with Crippen molar-refractivity contribution in [2.24, 2.45) is 0 Å². The van der Waals surface area contributed by atoms with E-state index in [9.17, 15) is 0 Å². The zero-order chi connectivity index (χ0) is 12.7. The van der Waals surface area contributed by atoms with Crippen LogP contribution in [0.5, 0.6) is 0 Å². The molecule has 2 N–H and O–H groups in total. The lowest BCUT2D eigenvalue weighted by Gasteiger charge is -2.10. The molecule has 0 saturated carbocycles. The highest BCUT2D eigenvalue weighted by Crippen LogP contribution is 2.06. The van der Waals surface area contributed by atoms with Crippen molar-refractivity contribution in [3.63, 3.8) is 0 Å². The van der Waals surface area contributed by atoms with Crippen molar-refractivity contribution >= 4 is 0 Å². The Hall–Kier alpha value is -1.00. The van der Waals surface area contributed by atoms with Crippen molar-refractivity contribution in [1.82, 2.24) is 20.8 Å². The first kappa shape index (κ1) is 14.1. The minimum Gasteiger partial charge on any atom is -0.313 e.